The SMILES string of the molecule is COc1cc([N+](=O)[O-])ccc1N1CC[C@@H]([C@](NC(=O)OC(C)(C)C)(C(=O)O)C(C)C)C1. The molecule has 1 amide bonds. The highest BCUT2D eigenvalue weighted by molar-refractivity contribution is 5.85. The third kappa shape index (κ3) is 5.18. The van der Waals surface area contributed by atoms with Gasteiger partial charge in [-0.3, -0.25) is 10.1 Å². The lowest BCUT2D eigenvalue weighted by atomic mass is 9.74. The van der Waals surface area contributed by atoms with Gasteiger partial charge in [0.1, 0.15) is 16.9 Å². The Hall–Kier alpha value is -3.04. The molecule has 1 heterocycles. The lowest BCUT2D eigenvalue weighted by molar-refractivity contribution is -0.384. The van der Waals surface area contributed by atoms with E-state index in [1.54, 1.807) is 40.7 Å². The van der Waals surface area contributed by atoms with Gasteiger partial charge in [0, 0.05) is 25.1 Å². The van der Waals surface area contributed by atoms with Gasteiger partial charge in [-0.05, 0) is 39.2 Å². The predicted octanol–water partition coefficient (Wildman–Crippen LogP) is 3.43. The molecule has 1 fully saturated rings. The number of carboxylic acid groups (broad SMARTS) is 1. The van der Waals surface area contributed by atoms with Crippen molar-refractivity contribution in [2.24, 2.45) is 11.8 Å². The van der Waals surface area contributed by atoms with Crippen LogP contribution in [0.3, 0.4) is 0 Å². The number of benzene rings is 1. The Bertz CT molecular complexity index is 850. The number of nitro groups is 1. The molecule has 0 spiro atoms. The summed E-state index contributed by atoms with van der Waals surface area (Å²) in [5.74, 6) is -1.63. The van der Waals surface area contributed by atoms with Crippen LogP contribution in [0, 0.1) is 22.0 Å². The minimum atomic E-state index is -1.54. The van der Waals surface area contributed by atoms with Crippen LogP contribution in [0.25, 0.3) is 0 Å². The van der Waals surface area contributed by atoms with Crippen LogP contribution in [-0.4, -0.2) is 53.4 Å². The van der Waals surface area contributed by atoms with Crippen LogP contribution in [0.4, 0.5) is 16.2 Å². The molecule has 1 aliphatic rings. The number of methoxy groups -OCH3 is 1. The van der Waals surface area contributed by atoms with Crippen LogP contribution in [0.2, 0.25) is 0 Å². The molecule has 0 unspecified atom stereocenters. The van der Waals surface area contributed by atoms with Crippen molar-refractivity contribution in [1.29, 1.82) is 0 Å². The fourth-order valence-electron chi connectivity index (χ4n) is 4.06. The number of carbonyl (C=O) groups is 2. The van der Waals surface area contributed by atoms with Gasteiger partial charge in [-0.1, -0.05) is 13.8 Å². The van der Waals surface area contributed by atoms with Crippen LogP contribution in [0.15, 0.2) is 18.2 Å². The molecular formula is C21H31N3O7. The zero-order chi connectivity index (χ0) is 23.6. The molecule has 2 atom stereocenters. The second-order valence-electron chi connectivity index (χ2n) is 9.00. The lowest BCUT2D eigenvalue weighted by Gasteiger charge is -2.39. The average Bonchev–Trinajstić information content (AvgIpc) is 3.13. The van der Waals surface area contributed by atoms with E-state index in [2.05, 4.69) is 5.32 Å². The van der Waals surface area contributed by atoms with E-state index in [0.717, 1.165) is 0 Å². The summed E-state index contributed by atoms with van der Waals surface area (Å²) in [4.78, 5) is 37.4. The van der Waals surface area contributed by atoms with Gasteiger partial charge in [-0.25, -0.2) is 9.59 Å². The van der Waals surface area contributed by atoms with Gasteiger partial charge in [0.2, 0.25) is 0 Å². The van der Waals surface area contributed by atoms with Crippen LogP contribution in [0.5, 0.6) is 5.75 Å². The highest BCUT2D eigenvalue weighted by atomic mass is 16.6. The van der Waals surface area contributed by atoms with Crippen molar-refractivity contribution in [3.8, 4) is 5.75 Å². The molecule has 10 nitrogen and oxygen atoms in total. The number of aliphatic carboxylic acids is 1. The van der Waals surface area contributed by atoms with E-state index in [1.807, 2.05) is 4.90 Å². The largest absolute Gasteiger partial charge is 0.494 e. The van der Waals surface area contributed by atoms with Crippen molar-refractivity contribution in [1.82, 2.24) is 5.32 Å². The fourth-order valence-corrected chi connectivity index (χ4v) is 4.06. The number of rotatable bonds is 7. The van der Waals surface area contributed by atoms with Crippen molar-refractivity contribution >= 4 is 23.4 Å². The van der Waals surface area contributed by atoms with Crippen molar-refractivity contribution in [2.45, 2.75) is 52.2 Å². The maximum atomic E-state index is 12.5. The zero-order valence-electron chi connectivity index (χ0n) is 18.8. The Morgan fingerprint density at radius 2 is 1.97 bits per heavy atom. The highest BCUT2D eigenvalue weighted by Crippen LogP contribution is 2.40. The number of anilines is 1. The topological polar surface area (TPSA) is 131 Å². The third-order valence-corrected chi connectivity index (χ3v) is 5.52. The minimum absolute atomic E-state index is 0.0926. The van der Waals surface area contributed by atoms with Crippen LogP contribution < -0.4 is 15.0 Å². The van der Waals surface area contributed by atoms with Crippen LogP contribution in [0.1, 0.15) is 41.0 Å². The number of carbonyl (C=O) groups excluding carboxylic acids is 1. The first-order chi connectivity index (χ1) is 14.3. The monoisotopic (exact) mass is 437 g/mol. The number of non-ortho nitro benzene ring substituents is 1. The molecule has 31 heavy (non-hydrogen) atoms. The smallest absolute Gasteiger partial charge is 0.408 e. The van der Waals surface area contributed by atoms with Gasteiger partial charge in [-0.15, -0.1) is 0 Å². The first kappa shape index (κ1) is 24.2. The maximum absolute atomic E-state index is 12.5. The van der Waals surface area contributed by atoms with Gasteiger partial charge in [-0.2, -0.15) is 0 Å². The molecule has 172 valence electrons. The quantitative estimate of drug-likeness (QED) is 0.490. The Morgan fingerprint density at radius 3 is 2.45 bits per heavy atom. The number of nitrogens with one attached hydrogen (secondary N) is 1. The number of nitro benzene ring substituents is 1. The molecule has 1 saturated heterocycles. The third-order valence-electron chi connectivity index (χ3n) is 5.52. The molecule has 1 aliphatic heterocycles. The summed E-state index contributed by atoms with van der Waals surface area (Å²) < 4.78 is 10.7. The van der Waals surface area contributed by atoms with E-state index in [1.165, 1.54) is 19.2 Å². The number of hydrogen-bond acceptors (Lipinski definition) is 7. The van der Waals surface area contributed by atoms with Gasteiger partial charge in [0.05, 0.1) is 23.8 Å². The zero-order valence-corrected chi connectivity index (χ0v) is 18.8. The van der Waals surface area contributed by atoms with Gasteiger partial charge < -0.3 is 24.8 Å². The molecule has 0 aliphatic carbocycles. The van der Waals surface area contributed by atoms with E-state index in [-0.39, 0.29) is 5.69 Å². The molecule has 0 bridgehead atoms. The second kappa shape index (κ2) is 8.99. The molecule has 1 aromatic rings. The summed E-state index contributed by atoms with van der Waals surface area (Å²) in [7, 11) is 1.43. The number of hydrogen-bond donors (Lipinski definition) is 2. The first-order valence-electron chi connectivity index (χ1n) is 10.1. The van der Waals surface area contributed by atoms with E-state index in [4.69, 9.17) is 9.47 Å². The summed E-state index contributed by atoms with van der Waals surface area (Å²) in [6.07, 6.45) is -0.282. The minimum Gasteiger partial charge on any atom is -0.494 e. The highest BCUT2D eigenvalue weighted by Gasteiger charge is 2.52. The number of ether oxygens (including phenoxy) is 2. The lowest BCUT2D eigenvalue weighted by Crippen LogP contribution is -2.63. The van der Waals surface area contributed by atoms with E-state index < -0.39 is 40.0 Å². The molecule has 0 aromatic heterocycles. The van der Waals surface area contributed by atoms with E-state index >= 15 is 0 Å². The molecule has 0 saturated carbocycles. The summed E-state index contributed by atoms with van der Waals surface area (Å²) in [5.41, 5.74) is -1.76. The number of amides is 1. The Morgan fingerprint density at radius 1 is 1.32 bits per heavy atom. The molecule has 2 N–H and O–H groups in total. The van der Waals surface area contributed by atoms with E-state index in [0.29, 0.717) is 30.9 Å². The average molecular weight is 437 g/mol. The van der Waals surface area contributed by atoms with E-state index in [9.17, 15) is 24.8 Å². The maximum Gasteiger partial charge on any atom is 0.408 e. The summed E-state index contributed by atoms with van der Waals surface area (Å²) in [5, 5.41) is 23.9. The molecule has 1 aromatic carbocycles. The van der Waals surface area contributed by atoms with Gasteiger partial charge >= 0.3 is 12.1 Å². The summed E-state index contributed by atoms with van der Waals surface area (Å²) in [6.45, 7) is 9.47. The van der Waals surface area contributed by atoms with Gasteiger partial charge in [0.15, 0.2) is 0 Å². The Labute approximate surface area is 181 Å². The van der Waals surface area contributed by atoms with Gasteiger partial charge in [0.25, 0.3) is 5.69 Å². The summed E-state index contributed by atoms with van der Waals surface area (Å²) in [6, 6.07) is 4.32. The molecule has 10 heteroatoms. The Kier molecular flexibility index (Phi) is 7.03. The van der Waals surface area contributed by atoms with Crippen LogP contribution in [-0.2, 0) is 9.53 Å². The fraction of sp³-hybridized carbons (Fsp3) is 0.619. The normalized spacial score (nSPS) is 18.4. The second-order valence-corrected chi connectivity index (χ2v) is 9.00. The molecule has 0 radical (unpaired) electrons. The molecular weight excluding hydrogens is 406 g/mol. The number of carboxylic acids is 1. The Balaban J connectivity index is 2.34. The van der Waals surface area contributed by atoms with Crippen molar-refractivity contribution < 1.29 is 29.1 Å². The summed E-state index contributed by atoms with van der Waals surface area (Å²) >= 11 is 0. The predicted molar refractivity (Wildman–Crippen MR) is 115 cm³/mol. The van der Waals surface area contributed by atoms with Crippen molar-refractivity contribution in [3.05, 3.63) is 28.3 Å². The molecule has 2 rings (SSSR count). The van der Waals surface area contributed by atoms with Crippen molar-refractivity contribution in [3.63, 3.8) is 0 Å². The standard InChI is InChI=1S/C21H31N3O7/c1-13(2)21(18(25)26,22-19(27)31-20(3,4)5)14-9-10-23(12-14)16-8-7-15(24(28)29)11-17(16)30-6/h7-8,11,13-14H,9-10,12H2,1-6H3,(H,22,27)(H,25,26)/t14-,21+/m1/s1. The van der Waals surface area contributed by atoms with Crippen LogP contribution >= 0.6 is 0 Å². The number of alkyl carbamates (subject to hydrolysis) is 1. The van der Waals surface area contributed by atoms with Crippen molar-refractivity contribution in [2.75, 3.05) is 25.1 Å². The first-order valence-corrected chi connectivity index (χ1v) is 10.1. The number of nitrogens with zero attached hydrogens (tertiary/aromatic N) is 2.